The Morgan fingerprint density at radius 1 is 1.32 bits per heavy atom. The minimum absolute atomic E-state index is 0.217. The van der Waals surface area contributed by atoms with E-state index in [2.05, 4.69) is 10.3 Å². The number of thiazole rings is 1. The minimum atomic E-state index is -0.217. The summed E-state index contributed by atoms with van der Waals surface area (Å²) >= 11 is 1.29. The van der Waals surface area contributed by atoms with Gasteiger partial charge in [0.25, 0.3) is 5.91 Å². The fourth-order valence-electron chi connectivity index (χ4n) is 2.52. The molecule has 0 spiro atoms. The lowest BCUT2D eigenvalue weighted by molar-refractivity contribution is 0.101. The van der Waals surface area contributed by atoms with Crippen molar-refractivity contribution in [1.82, 2.24) is 4.98 Å². The van der Waals surface area contributed by atoms with Crippen molar-refractivity contribution in [2.75, 3.05) is 12.4 Å². The molecule has 0 unspecified atom stereocenters. The quantitative estimate of drug-likeness (QED) is 0.912. The van der Waals surface area contributed by atoms with Crippen LogP contribution in [0, 0.1) is 0 Å². The smallest absolute Gasteiger partial charge is 0.261 e. The molecular formula is C16H18N2O3S. The molecule has 2 aromatic rings. The lowest BCUT2D eigenvalue weighted by atomic mass is 10.2. The second-order valence-corrected chi connectivity index (χ2v) is 6.16. The van der Waals surface area contributed by atoms with E-state index in [1.165, 1.54) is 24.2 Å². The molecule has 1 aliphatic carbocycles. The van der Waals surface area contributed by atoms with Gasteiger partial charge in [-0.05, 0) is 37.8 Å². The highest BCUT2D eigenvalue weighted by atomic mass is 32.1. The van der Waals surface area contributed by atoms with E-state index in [-0.39, 0.29) is 12.0 Å². The van der Waals surface area contributed by atoms with Crippen molar-refractivity contribution in [3.05, 3.63) is 36.0 Å². The van der Waals surface area contributed by atoms with Crippen LogP contribution in [-0.2, 0) is 0 Å². The molecule has 6 heteroatoms. The summed E-state index contributed by atoms with van der Waals surface area (Å²) in [6, 6.07) is 7.33. The molecule has 1 N–H and O–H groups in total. The van der Waals surface area contributed by atoms with Crippen LogP contribution in [0.2, 0.25) is 0 Å². The van der Waals surface area contributed by atoms with Gasteiger partial charge in [-0.2, -0.15) is 0 Å². The monoisotopic (exact) mass is 318 g/mol. The number of rotatable bonds is 5. The molecular weight excluding hydrogens is 300 g/mol. The third-order valence-corrected chi connectivity index (χ3v) is 4.51. The van der Waals surface area contributed by atoms with Crippen molar-refractivity contribution in [2.45, 2.75) is 31.8 Å². The zero-order valence-corrected chi connectivity index (χ0v) is 13.2. The number of nitrogens with one attached hydrogen (secondary N) is 1. The van der Waals surface area contributed by atoms with Gasteiger partial charge in [0.05, 0.1) is 25.0 Å². The summed E-state index contributed by atoms with van der Waals surface area (Å²) in [4.78, 5) is 16.5. The molecule has 5 nitrogen and oxygen atoms in total. The van der Waals surface area contributed by atoms with Crippen LogP contribution in [0.15, 0.2) is 30.5 Å². The largest absolute Gasteiger partial charge is 0.490 e. The summed E-state index contributed by atoms with van der Waals surface area (Å²) in [5, 5.41) is 3.96. The number of anilines is 1. The van der Waals surface area contributed by atoms with Crippen LogP contribution < -0.4 is 14.8 Å². The molecule has 1 saturated carbocycles. The number of hydrogen-bond acceptors (Lipinski definition) is 5. The molecule has 116 valence electrons. The highest BCUT2D eigenvalue weighted by molar-refractivity contribution is 7.17. The molecule has 1 aliphatic rings. The predicted octanol–water partition coefficient (Wildman–Crippen LogP) is 3.73. The molecule has 1 amide bonds. The van der Waals surface area contributed by atoms with E-state index in [1.54, 1.807) is 19.4 Å². The molecule has 0 aliphatic heterocycles. The number of methoxy groups -OCH3 is 1. The van der Waals surface area contributed by atoms with E-state index in [1.807, 2.05) is 18.2 Å². The number of hydrogen-bond donors (Lipinski definition) is 1. The first-order valence-electron chi connectivity index (χ1n) is 7.33. The number of carbonyl (C=O) groups is 1. The van der Waals surface area contributed by atoms with Gasteiger partial charge >= 0.3 is 0 Å². The summed E-state index contributed by atoms with van der Waals surface area (Å²) < 4.78 is 11.1. The Morgan fingerprint density at radius 3 is 2.82 bits per heavy atom. The van der Waals surface area contributed by atoms with Gasteiger partial charge < -0.3 is 9.47 Å². The molecule has 1 fully saturated rings. The van der Waals surface area contributed by atoms with E-state index < -0.39 is 0 Å². The SMILES string of the molecule is COc1cnc(NC(=O)c2ccccc2OC2CCCC2)s1. The molecule has 1 aromatic carbocycles. The van der Waals surface area contributed by atoms with Gasteiger partial charge in [0.1, 0.15) is 5.75 Å². The van der Waals surface area contributed by atoms with Crippen molar-refractivity contribution in [3.63, 3.8) is 0 Å². The van der Waals surface area contributed by atoms with Crippen molar-refractivity contribution in [1.29, 1.82) is 0 Å². The van der Waals surface area contributed by atoms with Crippen LogP contribution in [0.4, 0.5) is 5.13 Å². The minimum Gasteiger partial charge on any atom is -0.490 e. The van der Waals surface area contributed by atoms with Crippen LogP contribution in [0.25, 0.3) is 0 Å². The average molecular weight is 318 g/mol. The standard InChI is InChI=1S/C16H18N2O3S/c1-20-14-10-17-16(22-14)18-15(19)12-8-4-5-9-13(12)21-11-6-2-3-7-11/h4-5,8-11H,2-3,6-7H2,1H3,(H,17,18,19). The van der Waals surface area contributed by atoms with Gasteiger partial charge in [-0.15, -0.1) is 0 Å². The Hall–Kier alpha value is -2.08. The average Bonchev–Trinajstić information content (AvgIpc) is 3.19. The lowest BCUT2D eigenvalue weighted by Crippen LogP contribution is -2.17. The maximum atomic E-state index is 12.4. The third-order valence-electron chi connectivity index (χ3n) is 3.63. The van der Waals surface area contributed by atoms with Gasteiger partial charge in [-0.25, -0.2) is 4.98 Å². The maximum absolute atomic E-state index is 12.4. The fourth-order valence-corrected chi connectivity index (χ4v) is 3.15. The summed E-state index contributed by atoms with van der Waals surface area (Å²) in [6.45, 7) is 0. The van der Waals surface area contributed by atoms with Crippen LogP contribution >= 0.6 is 11.3 Å². The Bertz CT molecular complexity index is 650. The number of nitrogens with zero attached hydrogens (tertiary/aromatic N) is 1. The first-order valence-corrected chi connectivity index (χ1v) is 8.15. The van der Waals surface area contributed by atoms with E-state index >= 15 is 0 Å². The Balaban J connectivity index is 1.73. The highest BCUT2D eigenvalue weighted by Crippen LogP contribution is 2.29. The normalized spacial score (nSPS) is 14.8. The summed E-state index contributed by atoms with van der Waals surface area (Å²) in [6.07, 6.45) is 6.30. The molecule has 1 heterocycles. The number of ether oxygens (including phenoxy) is 2. The van der Waals surface area contributed by atoms with E-state index in [9.17, 15) is 4.79 Å². The first kappa shape index (κ1) is 14.8. The second kappa shape index (κ2) is 6.79. The van der Waals surface area contributed by atoms with Crippen LogP contribution in [0.5, 0.6) is 10.8 Å². The topological polar surface area (TPSA) is 60.5 Å². The van der Waals surface area contributed by atoms with E-state index in [0.717, 1.165) is 12.8 Å². The molecule has 0 atom stereocenters. The van der Waals surface area contributed by atoms with Crippen molar-refractivity contribution < 1.29 is 14.3 Å². The molecule has 22 heavy (non-hydrogen) atoms. The Labute approximate surface area is 133 Å². The van der Waals surface area contributed by atoms with Gasteiger partial charge in [0, 0.05) is 0 Å². The number of para-hydroxylation sites is 1. The van der Waals surface area contributed by atoms with E-state index in [0.29, 0.717) is 21.5 Å². The molecule has 0 radical (unpaired) electrons. The predicted molar refractivity (Wildman–Crippen MR) is 85.9 cm³/mol. The second-order valence-electron chi connectivity index (χ2n) is 5.16. The molecule has 3 rings (SSSR count). The Morgan fingerprint density at radius 2 is 2.09 bits per heavy atom. The summed E-state index contributed by atoms with van der Waals surface area (Å²) in [5.74, 6) is 0.418. The van der Waals surface area contributed by atoms with Gasteiger partial charge in [-0.1, -0.05) is 23.5 Å². The first-order chi connectivity index (χ1) is 10.8. The van der Waals surface area contributed by atoms with Gasteiger partial charge in [0.15, 0.2) is 10.2 Å². The van der Waals surface area contributed by atoms with Crippen LogP contribution in [0.3, 0.4) is 0 Å². The number of aromatic nitrogens is 1. The molecule has 1 aromatic heterocycles. The van der Waals surface area contributed by atoms with Crippen molar-refractivity contribution in [3.8, 4) is 10.8 Å². The van der Waals surface area contributed by atoms with Gasteiger partial charge in [-0.3, -0.25) is 10.1 Å². The number of benzene rings is 1. The van der Waals surface area contributed by atoms with Crippen molar-refractivity contribution >= 4 is 22.4 Å². The number of amides is 1. The van der Waals surface area contributed by atoms with Crippen LogP contribution in [0.1, 0.15) is 36.0 Å². The molecule has 0 bridgehead atoms. The highest BCUT2D eigenvalue weighted by Gasteiger charge is 2.20. The van der Waals surface area contributed by atoms with Gasteiger partial charge in [0.2, 0.25) is 0 Å². The molecule has 0 saturated heterocycles. The Kier molecular flexibility index (Phi) is 4.58. The summed E-state index contributed by atoms with van der Waals surface area (Å²) in [7, 11) is 1.57. The fraction of sp³-hybridized carbons (Fsp3) is 0.375. The number of carbonyl (C=O) groups excluding carboxylic acids is 1. The van der Waals surface area contributed by atoms with Crippen molar-refractivity contribution in [2.24, 2.45) is 0 Å². The maximum Gasteiger partial charge on any atom is 0.261 e. The third kappa shape index (κ3) is 3.39. The van der Waals surface area contributed by atoms with E-state index in [4.69, 9.17) is 9.47 Å². The van der Waals surface area contributed by atoms with Crippen LogP contribution in [-0.4, -0.2) is 24.1 Å². The zero-order valence-electron chi connectivity index (χ0n) is 12.4. The lowest BCUT2D eigenvalue weighted by Gasteiger charge is -2.15. The zero-order chi connectivity index (χ0) is 15.4. The summed E-state index contributed by atoms with van der Waals surface area (Å²) in [5.41, 5.74) is 0.531.